The molecule has 0 spiro atoms. The zero-order valence-corrected chi connectivity index (χ0v) is 18.1. The van der Waals surface area contributed by atoms with Crippen molar-refractivity contribution in [1.82, 2.24) is 9.55 Å². The predicted molar refractivity (Wildman–Crippen MR) is 137 cm³/mol. The molecule has 6 aromatic rings. The van der Waals surface area contributed by atoms with E-state index in [1.54, 1.807) is 0 Å². The lowest BCUT2D eigenvalue weighted by molar-refractivity contribution is 1.10. The van der Waals surface area contributed by atoms with E-state index in [0.717, 1.165) is 28.1 Å². The molecule has 0 radical (unpaired) electrons. The van der Waals surface area contributed by atoms with Gasteiger partial charge in [-0.15, -0.1) is 0 Å². The first kappa shape index (κ1) is 19.3. The highest BCUT2D eigenvalue weighted by molar-refractivity contribution is 5.96. The van der Waals surface area contributed by atoms with Crippen LogP contribution >= 0.6 is 0 Å². The van der Waals surface area contributed by atoms with Gasteiger partial charge in [-0.3, -0.25) is 4.57 Å². The second-order valence-corrected chi connectivity index (χ2v) is 8.09. The number of nitrogens with zero attached hydrogens (tertiary/aromatic N) is 2. The Kier molecular flexibility index (Phi) is 4.82. The fourth-order valence-electron chi connectivity index (χ4n) is 4.46. The van der Waals surface area contributed by atoms with Crippen molar-refractivity contribution >= 4 is 11.0 Å². The summed E-state index contributed by atoms with van der Waals surface area (Å²) in [4.78, 5) is 5.14. The van der Waals surface area contributed by atoms with Crippen LogP contribution in [-0.4, -0.2) is 9.55 Å². The lowest BCUT2D eigenvalue weighted by atomic mass is 9.94. The lowest BCUT2D eigenvalue weighted by Gasteiger charge is -2.13. The molecule has 5 aromatic carbocycles. The smallest absolute Gasteiger partial charge is 0.145 e. The van der Waals surface area contributed by atoms with Gasteiger partial charge in [0.1, 0.15) is 5.82 Å². The van der Waals surface area contributed by atoms with Gasteiger partial charge in [-0.1, -0.05) is 109 Å². The highest BCUT2D eigenvalue weighted by Crippen LogP contribution is 2.38. The summed E-state index contributed by atoms with van der Waals surface area (Å²) in [6.45, 7) is 0. The molecule has 0 N–H and O–H groups in total. The average molecular weight is 423 g/mol. The Morgan fingerprint density at radius 2 is 0.909 bits per heavy atom. The molecule has 0 aliphatic rings. The Hall–Kier alpha value is -4.43. The summed E-state index contributed by atoms with van der Waals surface area (Å²) in [5, 5.41) is 0. The van der Waals surface area contributed by atoms with Crippen LogP contribution in [0.2, 0.25) is 0 Å². The van der Waals surface area contributed by atoms with Crippen LogP contribution in [0.5, 0.6) is 0 Å². The number of aromatic nitrogens is 2. The summed E-state index contributed by atoms with van der Waals surface area (Å²) in [7, 11) is 0. The number of hydrogen-bond acceptors (Lipinski definition) is 1. The quantitative estimate of drug-likeness (QED) is 0.281. The molecule has 156 valence electrons. The molecular weight excluding hydrogens is 400 g/mol. The van der Waals surface area contributed by atoms with Crippen LogP contribution in [0.1, 0.15) is 0 Å². The Labute approximate surface area is 193 Å². The largest absolute Gasteiger partial charge is 0.292 e. The molecule has 0 saturated carbocycles. The first-order valence-electron chi connectivity index (χ1n) is 11.2. The predicted octanol–water partition coefficient (Wildman–Crippen LogP) is 8.03. The van der Waals surface area contributed by atoms with Crippen molar-refractivity contribution in [2.75, 3.05) is 0 Å². The Balaban J connectivity index is 1.71. The van der Waals surface area contributed by atoms with Crippen molar-refractivity contribution in [2.45, 2.75) is 0 Å². The monoisotopic (exact) mass is 422 g/mol. The maximum absolute atomic E-state index is 5.14. The van der Waals surface area contributed by atoms with E-state index in [4.69, 9.17) is 4.98 Å². The molecule has 0 saturated heterocycles. The first-order chi connectivity index (χ1) is 16.4. The molecule has 2 nitrogen and oxygen atoms in total. The SMILES string of the molecule is c1ccc(-c2cc3nc(-c4ccccc4)n(-c4ccccc4)c3cc2-c2ccccc2)cc1. The fraction of sp³-hybridized carbons (Fsp3) is 0. The molecule has 33 heavy (non-hydrogen) atoms. The normalized spacial score (nSPS) is 11.0. The lowest BCUT2D eigenvalue weighted by Crippen LogP contribution is -1.97. The molecule has 0 bridgehead atoms. The van der Waals surface area contributed by atoms with Crippen LogP contribution in [-0.2, 0) is 0 Å². The molecule has 0 atom stereocenters. The number of rotatable bonds is 4. The van der Waals surface area contributed by atoms with Crippen LogP contribution in [0.25, 0.3) is 50.4 Å². The third kappa shape index (κ3) is 3.52. The first-order valence-corrected chi connectivity index (χ1v) is 11.2. The van der Waals surface area contributed by atoms with Gasteiger partial charge in [-0.25, -0.2) is 4.98 Å². The van der Waals surface area contributed by atoms with E-state index in [1.807, 2.05) is 12.1 Å². The standard InChI is InChI=1S/C31H22N2/c1-5-13-23(14-6-1)27-21-29-30(22-28(27)24-15-7-2-8-16-24)33(26-19-11-4-12-20-26)31(32-29)25-17-9-3-10-18-25/h1-22H. The van der Waals surface area contributed by atoms with Gasteiger partial charge in [-0.05, 0) is 46.5 Å². The molecule has 1 heterocycles. The van der Waals surface area contributed by atoms with E-state index < -0.39 is 0 Å². The highest BCUT2D eigenvalue weighted by atomic mass is 15.1. The third-order valence-corrected chi connectivity index (χ3v) is 6.01. The third-order valence-electron chi connectivity index (χ3n) is 6.01. The molecule has 0 unspecified atom stereocenters. The van der Waals surface area contributed by atoms with Crippen LogP contribution < -0.4 is 0 Å². The minimum absolute atomic E-state index is 0.945. The number of fused-ring (bicyclic) bond motifs is 1. The summed E-state index contributed by atoms with van der Waals surface area (Å²) >= 11 is 0. The van der Waals surface area contributed by atoms with Gasteiger partial charge in [0.15, 0.2) is 0 Å². The van der Waals surface area contributed by atoms with Gasteiger partial charge in [0, 0.05) is 11.3 Å². The van der Waals surface area contributed by atoms with E-state index in [2.05, 4.69) is 126 Å². The van der Waals surface area contributed by atoms with Gasteiger partial charge in [0.05, 0.1) is 11.0 Å². The number of benzene rings is 5. The zero-order chi connectivity index (χ0) is 22.0. The van der Waals surface area contributed by atoms with Crippen molar-refractivity contribution < 1.29 is 0 Å². The maximum atomic E-state index is 5.14. The van der Waals surface area contributed by atoms with Gasteiger partial charge in [0.25, 0.3) is 0 Å². The summed E-state index contributed by atoms with van der Waals surface area (Å²) in [6.07, 6.45) is 0. The second kappa shape index (κ2) is 8.25. The molecule has 0 amide bonds. The minimum Gasteiger partial charge on any atom is -0.292 e. The summed E-state index contributed by atoms with van der Waals surface area (Å²) < 4.78 is 2.27. The maximum Gasteiger partial charge on any atom is 0.145 e. The van der Waals surface area contributed by atoms with Crippen molar-refractivity contribution in [2.24, 2.45) is 0 Å². The molecule has 0 fully saturated rings. The summed E-state index contributed by atoms with van der Waals surface area (Å²) in [5.74, 6) is 0.945. The Morgan fingerprint density at radius 3 is 1.45 bits per heavy atom. The molecule has 6 rings (SSSR count). The van der Waals surface area contributed by atoms with Crippen LogP contribution in [0.3, 0.4) is 0 Å². The van der Waals surface area contributed by atoms with Crippen LogP contribution in [0, 0.1) is 0 Å². The van der Waals surface area contributed by atoms with E-state index >= 15 is 0 Å². The van der Waals surface area contributed by atoms with Crippen molar-refractivity contribution in [3.05, 3.63) is 133 Å². The topological polar surface area (TPSA) is 17.8 Å². The van der Waals surface area contributed by atoms with E-state index in [-0.39, 0.29) is 0 Å². The van der Waals surface area contributed by atoms with Crippen molar-refractivity contribution in [1.29, 1.82) is 0 Å². The van der Waals surface area contributed by atoms with E-state index in [9.17, 15) is 0 Å². The van der Waals surface area contributed by atoms with Gasteiger partial charge < -0.3 is 0 Å². The molecule has 0 aliphatic heterocycles. The van der Waals surface area contributed by atoms with Crippen LogP contribution in [0.4, 0.5) is 0 Å². The van der Waals surface area contributed by atoms with E-state index in [1.165, 1.54) is 22.3 Å². The zero-order valence-electron chi connectivity index (χ0n) is 18.1. The minimum atomic E-state index is 0.945. The van der Waals surface area contributed by atoms with Gasteiger partial charge in [0.2, 0.25) is 0 Å². The van der Waals surface area contributed by atoms with Gasteiger partial charge in [-0.2, -0.15) is 0 Å². The highest BCUT2D eigenvalue weighted by Gasteiger charge is 2.18. The molecule has 1 aromatic heterocycles. The Bertz CT molecular complexity index is 1480. The van der Waals surface area contributed by atoms with E-state index in [0.29, 0.717) is 0 Å². The molecule has 0 aliphatic carbocycles. The molecule has 2 heteroatoms. The molecular formula is C31H22N2. The summed E-state index contributed by atoms with van der Waals surface area (Å²) in [6, 6.07) is 46.6. The Morgan fingerprint density at radius 1 is 0.455 bits per heavy atom. The number of hydrogen-bond donors (Lipinski definition) is 0. The summed E-state index contributed by atoms with van der Waals surface area (Å²) in [5.41, 5.74) is 9.05. The van der Waals surface area contributed by atoms with Crippen molar-refractivity contribution in [3.63, 3.8) is 0 Å². The van der Waals surface area contributed by atoms with Crippen LogP contribution in [0.15, 0.2) is 133 Å². The fourth-order valence-corrected chi connectivity index (χ4v) is 4.46. The van der Waals surface area contributed by atoms with Crippen molar-refractivity contribution in [3.8, 4) is 39.3 Å². The second-order valence-electron chi connectivity index (χ2n) is 8.09. The number of para-hydroxylation sites is 1. The number of imidazole rings is 1. The van der Waals surface area contributed by atoms with Gasteiger partial charge >= 0.3 is 0 Å². The average Bonchev–Trinajstić information content (AvgIpc) is 3.28.